The zero-order chi connectivity index (χ0) is 54.5. The zero-order valence-corrected chi connectivity index (χ0v) is 47.8. The minimum Gasteiger partial charge on any atom is -0.379 e. The van der Waals surface area contributed by atoms with Crippen LogP contribution in [0.1, 0.15) is 187 Å². The second-order valence-electron chi connectivity index (χ2n) is 20.3. The monoisotopic (exact) mass is 1070 g/mol. The fourth-order valence-corrected chi connectivity index (χ4v) is 8.37. The van der Waals surface area contributed by atoms with Gasteiger partial charge in [0.1, 0.15) is 0 Å². The molecule has 2 N–H and O–H groups in total. The molecule has 0 heterocycles. The first-order valence-corrected chi connectivity index (χ1v) is 26.4. The van der Waals surface area contributed by atoms with Crippen LogP contribution in [-0.2, 0) is 44.0 Å². The number of benzene rings is 4. The van der Waals surface area contributed by atoms with Crippen LogP contribution in [0.4, 0.5) is 17.6 Å². The molecule has 404 valence electrons. The van der Waals surface area contributed by atoms with Crippen molar-refractivity contribution in [2.24, 2.45) is 11.8 Å². The molecular formula is C64H82F4N2O4Ti. The molecular weight excluding hydrogens is 985 g/mol. The van der Waals surface area contributed by atoms with Gasteiger partial charge in [-0.2, -0.15) is 24.3 Å². The third kappa shape index (κ3) is 25.2. The molecule has 0 fully saturated rings. The predicted molar refractivity (Wildman–Crippen MR) is 292 cm³/mol. The molecule has 0 aliphatic heterocycles. The van der Waals surface area contributed by atoms with Crippen molar-refractivity contribution in [3.8, 4) is 0 Å². The Bertz CT molecular complexity index is 2240. The van der Waals surface area contributed by atoms with Crippen molar-refractivity contribution < 1.29 is 58.3 Å². The van der Waals surface area contributed by atoms with Crippen molar-refractivity contribution in [1.29, 1.82) is 0 Å². The topological polar surface area (TPSA) is 76.7 Å². The van der Waals surface area contributed by atoms with Crippen LogP contribution in [0, 0.1) is 59.4 Å². The number of hydrogen-bond donors (Lipinski definition) is 2. The maximum absolute atomic E-state index is 14.2. The van der Waals surface area contributed by atoms with Crippen LogP contribution in [-0.4, -0.2) is 37.2 Å². The molecule has 2 aliphatic rings. The standard InChI is InChI=1S/2C27H36F2NO2.2C5H5.Ti/c2*1-6-25(23-16-15-21(28)18-24(23)29)30-26(31)22-12-8-7-11-20(22)14-13-19(2)10-9-17-27(3,4)32-5;2*1-2-4-5-3-1;/h2*7-8,11-12,15-16,19,25H,6,9-10,13-14,17H2,1-5H3,(H,30,31);2*1-3H,4H2;/q4*-1;+4. The van der Waals surface area contributed by atoms with E-state index in [1.165, 1.54) is 12.1 Å². The number of amides is 2. The number of allylic oxidation sites excluding steroid dienone is 8. The van der Waals surface area contributed by atoms with E-state index in [0.29, 0.717) is 35.8 Å². The Hall–Kier alpha value is -4.87. The Morgan fingerprint density at radius 2 is 0.960 bits per heavy atom. The summed E-state index contributed by atoms with van der Waals surface area (Å²) >= 11 is 0. The predicted octanol–water partition coefficient (Wildman–Crippen LogP) is 16.2. The number of rotatable bonds is 24. The van der Waals surface area contributed by atoms with E-state index in [0.717, 1.165) is 100 Å². The van der Waals surface area contributed by atoms with E-state index in [1.54, 1.807) is 26.4 Å². The van der Waals surface area contributed by atoms with Crippen molar-refractivity contribution in [2.75, 3.05) is 14.2 Å². The third-order valence-corrected chi connectivity index (χ3v) is 13.5. The van der Waals surface area contributed by atoms with E-state index in [2.05, 4.69) is 76.5 Å². The maximum Gasteiger partial charge on any atom is 4.00 e. The average Bonchev–Trinajstić information content (AvgIpc) is 4.18. The van der Waals surface area contributed by atoms with Gasteiger partial charge < -0.3 is 20.1 Å². The Morgan fingerprint density at radius 3 is 1.25 bits per heavy atom. The summed E-state index contributed by atoms with van der Waals surface area (Å²) < 4.78 is 65.7. The molecule has 6 nitrogen and oxygen atoms in total. The van der Waals surface area contributed by atoms with E-state index in [-0.39, 0.29) is 55.9 Å². The fourth-order valence-electron chi connectivity index (χ4n) is 8.37. The molecule has 4 aromatic carbocycles. The van der Waals surface area contributed by atoms with Crippen LogP contribution in [0.5, 0.6) is 0 Å². The van der Waals surface area contributed by atoms with Crippen molar-refractivity contribution in [1.82, 2.24) is 10.6 Å². The number of methoxy groups -OCH3 is 2. The first kappa shape index (κ1) is 66.2. The Labute approximate surface area is 463 Å². The minimum atomic E-state index is -0.768. The molecule has 0 saturated carbocycles. The van der Waals surface area contributed by atoms with E-state index < -0.39 is 35.4 Å². The van der Waals surface area contributed by atoms with Gasteiger partial charge in [-0.15, -0.1) is 37.1 Å². The Kier molecular flexibility index (Phi) is 31.3. The summed E-state index contributed by atoms with van der Waals surface area (Å²) in [6, 6.07) is 23.2. The molecule has 11 heteroatoms. The molecule has 0 aromatic heterocycles. The van der Waals surface area contributed by atoms with Crippen LogP contribution >= 0.6 is 0 Å². The number of nitrogens with one attached hydrogen (secondary N) is 2. The molecule has 0 bridgehead atoms. The van der Waals surface area contributed by atoms with Gasteiger partial charge in [-0.3, -0.25) is 21.7 Å². The van der Waals surface area contributed by atoms with Gasteiger partial charge in [-0.1, -0.05) is 101 Å². The number of ether oxygens (including phenoxy) is 2. The van der Waals surface area contributed by atoms with Gasteiger partial charge in [-0.05, 0) is 114 Å². The number of carbonyl (C=O) groups is 2. The number of hydrogen-bond acceptors (Lipinski definition) is 4. The zero-order valence-electron chi connectivity index (χ0n) is 46.2. The number of halogens is 4. The summed E-state index contributed by atoms with van der Waals surface area (Å²) in [5.74, 6) is -2.46. The van der Waals surface area contributed by atoms with Gasteiger partial charge in [0.2, 0.25) is 0 Å². The maximum atomic E-state index is 14.2. The van der Waals surface area contributed by atoms with Gasteiger partial charge in [-0.25, -0.2) is 41.9 Å². The fraction of sp³-hybridized carbons (Fsp3) is 0.469. The smallest absolute Gasteiger partial charge is 0.379 e. The summed E-state index contributed by atoms with van der Waals surface area (Å²) in [7, 11) is 3.49. The van der Waals surface area contributed by atoms with Crippen LogP contribution in [0.25, 0.3) is 0 Å². The van der Waals surface area contributed by atoms with E-state index in [1.807, 2.05) is 86.7 Å². The first-order valence-electron chi connectivity index (χ1n) is 26.4. The van der Waals surface area contributed by atoms with Gasteiger partial charge in [0.15, 0.2) is 0 Å². The molecule has 2 amide bonds. The summed E-state index contributed by atoms with van der Waals surface area (Å²) in [4.78, 5) is 26.0. The van der Waals surface area contributed by atoms with Crippen molar-refractivity contribution in [3.05, 3.63) is 190 Å². The molecule has 0 saturated heterocycles. The quantitative estimate of drug-likeness (QED) is 0.0416. The van der Waals surface area contributed by atoms with Crippen LogP contribution in [0.15, 0.2) is 109 Å². The van der Waals surface area contributed by atoms with Crippen molar-refractivity contribution in [3.63, 3.8) is 0 Å². The summed E-state index contributed by atoms with van der Waals surface area (Å²) in [5, 5.41) is 5.82. The molecule has 6 rings (SSSR count). The van der Waals surface area contributed by atoms with Crippen molar-refractivity contribution >= 4 is 11.8 Å². The largest absolute Gasteiger partial charge is 4.00 e. The van der Waals surface area contributed by atoms with E-state index in [4.69, 9.17) is 9.47 Å². The van der Waals surface area contributed by atoms with Crippen LogP contribution < -0.4 is 10.6 Å². The average molecular weight is 1070 g/mol. The Balaban J connectivity index is 0.000000425. The summed E-state index contributed by atoms with van der Waals surface area (Å²) in [5.41, 5.74) is 3.46. The second-order valence-corrected chi connectivity index (χ2v) is 20.3. The number of carbonyl (C=O) groups excluding carboxylic acids is 2. The second kappa shape index (κ2) is 35.5. The molecule has 4 atom stereocenters. The summed E-state index contributed by atoms with van der Waals surface area (Å²) in [6.07, 6.45) is 31.0. The Morgan fingerprint density at radius 1 is 0.587 bits per heavy atom. The molecule has 0 spiro atoms. The molecule has 4 aromatic rings. The third-order valence-electron chi connectivity index (χ3n) is 13.5. The molecule has 75 heavy (non-hydrogen) atoms. The first-order chi connectivity index (χ1) is 35.3. The molecule has 2 aliphatic carbocycles. The van der Waals surface area contributed by atoms with E-state index >= 15 is 0 Å². The summed E-state index contributed by atoms with van der Waals surface area (Å²) in [6.45, 7) is 16.6. The van der Waals surface area contributed by atoms with Gasteiger partial charge >= 0.3 is 21.7 Å². The molecule has 0 radical (unpaired) electrons. The SMILES string of the molecule is CCC(NC(=O)c1ccccc1CCC(C)CCCC(C)(C)OC)c1ccc(F)[c-]c1F.CCC(NC(=O)c1ccccc1CCC(C)CCCC(C)(C)OC)c1ccc(F)[c-]c1F.[C-]1=CC=CC1.[C-]1=CC=CC1.[Ti+4]. The van der Waals surface area contributed by atoms with Crippen molar-refractivity contribution in [2.45, 2.75) is 169 Å². The normalized spacial score (nSPS) is 13.9. The van der Waals surface area contributed by atoms with Gasteiger partial charge in [0.25, 0.3) is 11.8 Å². The van der Waals surface area contributed by atoms with Gasteiger partial charge in [0.05, 0.1) is 11.2 Å². The van der Waals surface area contributed by atoms with Crippen LogP contribution in [0.3, 0.4) is 0 Å². The minimum absolute atomic E-state index is 0. The number of aryl methyl sites for hydroxylation is 2. The molecule has 4 unspecified atom stereocenters. The van der Waals surface area contributed by atoms with Gasteiger partial charge in [0, 0.05) is 60.7 Å². The van der Waals surface area contributed by atoms with E-state index in [9.17, 15) is 27.2 Å². The van der Waals surface area contributed by atoms with Crippen LogP contribution in [0.2, 0.25) is 0 Å².